The number of carbonyl (C=O) groups excluding carboxylic acids is 1. The highest BCUT2D eigenvalue weighted by Gasteiger charge is 2.23. The number of carbonyl (C=O) groups is 1. The molecular weight excluding hydrogens is 290 g/mol. The van der Waals surface area contributed by atoms with Gasteiger partial charge in [-0.2, -0.15) is 0 Å². The second kappa shape index (κ2) is 6.56. The Hall–Kier alpha value is -2.76. The van der Waals surface area contributed by atoms with Crippen LogP contribution in [0, 0.1) is 0 Å². The van der Waals surface area contributed by atoms with Crippen LogP contribution < -0.4 is 20.9 Å². The molecule has 6 heteroatoms. The molecule has 6 nitrogen and oxygen atoms in total. The van der Waals surface area contributed by atoms with Crippen molar-refractivity contribution in [2.45, 2.75) is 18.9 Å². The van der Waals surface area contributed by atoms with Gasteiger partial charge in [-0.05, 0) is 49.2 Å². The summed E-state index contributed by atoms with van der Waals surface area (Å²) >= 11 is 0. The minimum absolute atomic E-state index is 0.194. The lowest BCUT2D eigenvalue weighted by molar-refractivity contribution is 0.251. The van der Waals surface area contributed by atoms with Gasteiger partial charge >= 0.3 is 6.03 Å². The fourth-order valence-electron chi connectivity index (χ4n) is 2.12. The Kier molecular flexibility index (Phi) is 4.32. The van der Waals surface area contributed by atoms with Crippen LogP contribution in [0.25, 0.3) is 0 Å². The van der Waals surface area contributed by atoms with Gasteiger partial charge in [-0.1, -0.05) is 0 Å². The predicted octanol–water partition coefficient (Wildman–Crippen LogP) is 3.18. The van der Waals surface area contributed by atoms with Crippen LogP contribution in [0.5, 0.6) is 0 Å². The van der Waals surface area contributed by atoms with Crippen LogP contribution in [0.2, 0.25) is 0 Å². The van der Waals surface area contributed by atoms with E-state index in [1.54, 1.807) is 12.3 Å². The normalized spacial score (nSPS) is 13.3. The van der Waals surface area contributed by atoms with E-state index in [0.29, 0.717) is 11.9 Å². The van der Waals surface area contributed by atoms with Crippen molar-refractivity contribution in [3.63, 3.8) is 0 Å². The monoisotopic (exact) mass is 311 g/mol. The van der Waals surface area contributed by atoms with Crippen LogP contribution in [0.3, 0.4) is 0 Å². The highest BCUT2D eigenvalue weighted by Crippen LogP contribution is 2.21. The topological polar surface area (TPSA) is 69.3 Å². The molecule has 0 atom stereocenters. The lowest BCUT2D eigenvalue weighted by Crippen LogP contribution is -2.30. The third-order valence-corrected chi connectivity index (χ3v) is 3.59. The largest absolute Gasteiger partial charge is 0.378 e. The summed E-state index contributed by atoms with van der Waals surface area (Å²) in [6, 6.07) is 11.9. The number of anilines is 4. The maximum absolute atomic E-state index is 11.6. The lowest BCUT2D eigenvalue weighted by Gasteiger charge is -2.13. The van der Waals surface area contributed by atoms with E-state index in [1.165, 1.54) is 0 Å². The van der Waals surface area contributed by atoms with E-state index in [9.17, 15) is 4.79 Å². The Labute approximate surface area is 135 Å². The molecule has 1 aliphatic rings. The number of hydrogen-bond acceptors (Lipinski definition) is 4. The molecule has 1 aromatic heterocycles. The van der Waals surface area contributed by atoms with Gasteiger partial charge in [-0.15, -0.1) is 0 Å². The van der Waals surface area contributed by atoms with Gasteiger partial charge in [0.05, 0.1) is 11.9 Å². The number of nitrogens with one attached hydrogen (secondary N) is 3. The van der Waals surface area contributed by atoms with E-state index in [4.69, 9.17) is 0 Å². The zero-order chi connectivity index (χ0) is 16.2. The minimum Gasteiger partial charge on any atom is -0.378 e. The summed E-state index contributed by atoms with van der Waals surface area (Å²) < 4.78 is 0. The van der Waals surface area contributed by atoms with Crippen LogP contribution in [-0.4, -0.2) is 31.2 Å². The quantitative estimate of drug-likeness (QED) is 0.793. The molecule has 0 aliphatic heterocycles. The fraction of sp³-hybridized carbons (Fsp3) is 0.294. The molecule has 0 radical (unpaired) electrons. The van der Waals surface area contributed by atoms with Crippen molar-refractivity contribution in [3.8, 4) is 0 Å². The summed E-state index contributed by atoms with van der Waals surface area (Å²) in [5.74, 6) is 0.539. The van der Waals surface area contributed by atoms with Gasteiger partial charge < -0.3 is 15.5 Å². The molecule has 1 fully saturated rings. The molecule has 1 saturated carbocycles. The van der Waals surface area contributed by atoms with E-state index < -0.39 is 0 Å². The summed E-state index contributed by atoms with van der Waals surface area (Å²) in [4.78, 5) is 17.9. The number of nitrogens with zero attached hydrogens (tertiary/aromatic N) is 2. The number of aromatic nitrogens is 1. The summed E-state index contributed by atoms with van der Waals surface area (Å²) in [5, 5.41) is 8.87. The molecule has 3 rings (SSSR count). The first kappa shape index (κ1) is 15.1. The van der Waals surface area contributed by atoms with E-state index in [0.717, 1.165) is 29.9 Å². The second-order valence-corrected chi connectivity index (χ2v) is 5.87. The Morgan fingerprint density at radius 2 is 1.78 bits per heavy atom. The Balaban J connectivity index is 1.57. The van der Waals surface area contributed by atoms with Gasteiger partial charge in [0.25, 0.3) is 0 Å². The minimum atomic E-state index is -0.194. The first-order valence-corrected chi connectivity index (χ1v) is 7.68. The highest BCUT2D eigenvalue weighted by molar-refractivity contribution is 5.88. The summed E-state index contributed by atoms with van der Waals surface area (Å²) in [7, 11) is 4.02. The van der Waals surface area contributed by atoms with Gasteiger partial charge in [0.2, 0.25) is 0 Å². The molecule has 2 amide bonds. The first-order valence-electron chi connectivity index (χ1n) is 7.68. The summed E-state index contributed by atoms with van der Waals surface area (Å²) in [5.41, 5.74) is 3.01. The van der Waals surface area contributed by atoms with E-state index in [2.05, 4.69) is 25.8 Å². The van der Waals surface area contributed by atoms with Crippen LogP contribution in [-0.2, 0) is 0 Å². The van der Waals surface area contributed by atoms with Crippen LogP contribution in [0.15, 0.2) is 42.6 Å². The smallest absolute Gasteiger partial charge is 0.320 e. The molecule has 0 spiro atoms. The van der Waals surface area contributed by atoms with Crippen molar-refractivity contribution >= 4 is 28.9 Å². The van der Waals surface area contributed by atoms with Crippen LogP contribution in [0.4, 0.5) is 27.7 Å². The molecule has 0 unspecified atom stereocenters. The fourth-order valence-corrected chi connectivity index (χ4v) is 2.12. The highest BCUT2D eigenvalue weighted by atomic mass is 16.2. The van der Waals surface area contributed by atoms with Gasteiger partial charge in [0, 0.05) is 31.5 Å². The molecule has 3 N–H and O–H groups in total. The third-order valence-electron chi connectivity index (χ3n) is 3.59. The molecular formula is C17H21N5O. The van der Waals surface area contributed by atoms with Crippen LogP contribution in [0.1, 0.15) is 12.8 Å². The maximum Gasteiger partial charge on any atom is 0.320 e. The van der Waals surface area contributed by atoms with Crippen LogP contribution >= 0.6 is 0 Å². The molecule has 1 aromatic carbocycles. The molecule has 2 aromatic rings. The number of pyridine rings is 1. The number of amides is 2. The zero-order valence-corrected chi connectivity index (χ0v) is 13.3. The average Bonchev–Trinajstić information content (AvgIpc) is 3.33. The molecule has 120 valence electrons. The summed E-state index contributed by atoms with van der Waals surface area (Å²) in [6.45, 7) is 0. The van der Waals surface area contributed by atoms with E-state index >= 15 is 0 Å². The Bertz CT molecular complexity index is 662. The van der Waals surface area contributed by atoms with Gasteiger partial charge in [-0.25, -0.2) is 9.78 Å². The number of rotatable bonds is 5. The number of urea groups is 1. The number of hydrogen-bond donors (Lipinski definition) is 3. The molecule has 0 bridgehead atoms. The molecule has 1 aliphatic carbocycles. The second-order valence-electron chi connectivity index (χ2n) is 5.87. The van der Waals surface area contributed by atoms with Gasteiger partial charge in [-0.3, -0.25) is 5.32 Å². The van der Waals surface area contributed by atoms with E-state index in [1.807, 2.05) is 44.4 Å². The Morgan fingerprint density at radius 1 is 1.09 bits per heavy atom. The van der Waals surface area contributed by atoms with Crippen molar-refractivity contribution in [1.82, 2.24) is 10.3 Å². The summed E-state index contributed by atoms with van der Waals surface area (Å²) in [6.07, 6.45) is 3.83. The van der Waals surface area contributed by atoms with Crippen molar-refractivity contribution < 1.29 is 4.79 Å². The van der Waals surface area contributed by atoms with Crippen molar-refractivity contribution in [3.05, 3.63) is 42.6 Å². The molecule has 0 saturated heterocycles. The average molecular weight is 311 g/mol. The standard InChI is InChI=1S/C17H21N5O/c1-22(2)15-8-5-12(6-9-15)19-14-7-10-16(18-11-14)21-17(23)20-13-3-4-13/h5-11,13,19H,3-4H2,1-2H3,(H2,18,20,21,23). The predicted molar refractivity (Wildman–Crippen MR) is 93.5 cm³/mol. The van der Waals surface area contributed by atoms with Crippen molar-refractivity contribution in [1.29, 1.82) is 0 Å². The van der Waals surface area contributed by atoms with Crippen molar-refractivity contribution in [2.75, 3.05) is 29.6 Å². The Morgan fingerprint density at radius 3 is 2.35 bits per heavy atom. The van der Waals surface area contributed by atoms with Gasteiger partial charge in [0.1, 0.15) is 5.82 Å². The third kappa shape index (κ3) is 4.35. The van der Waals surface area contributed by atoms with E-state index in [-0.39, 0.29) is 6.03 Å². The lowest BCUT2D eigenvalue weighted by atomic mass is 10.2. The molecule has 1 heterocycles. The molecule has 23 heavy (non-hydrogen) atoms. The SMILES string of the molecule is CN(C)c1ccc(Nc2ccc(NC(=O)NC3CC3)nc2)cc1. The first-order chi connectivity index (χ1) is 11.1. The zero-order valence-electron chi connectivity index (χ0n) is 13.3. The maximum atomic E-state index is 11.6. The number of benzene rings is 1. The van der Waals surface area contributed by atoms with Gasteiger partial charge in [0.15, 0.2) is 0 Å². The van der Waals surface area contributed by atoms with Crippen molar-refractivity contribution in [2.24, 2.45) is 0 Å².